The van der Waals surface area contributed by atoms with Gasteiger partial charge in [0.2, 0.25) is 4.96 Å². The summed E-state index contributed by atoms with van der Waals surface area (Å²) in [7, 11) is 0. The van der Waals surface area contributed by atoms with E-state index in [-0.39, 0.29) is 5.56 Å². The minimum Gasteiger partial charge on any atom is -0.493 e. The van der Waals surface area contributed by atoms with E-state index in [1.54, 1.807) is 12.1 Å². The molecule has 0 unspecified atom stereocenters. The average molecular weight is 412 g/mol. The van der Waals surface area contributed by atoms with Crippen LogP contribution in [0.1, 0.15) is 19.4 Å². The summed E-state index contributed by atoms with van der Waals surface area (Å²) < 4.78 is 7.63. The molecule has 0 bridgehead atoms. The first-order chi connectivity index (χ1) is 13.5. The van der Waals surface area contributed by atoms with Crippen molar-refractivity contribution in [3.8, 4) is 17.1 Å². The molecule has 0 atom stereocenters. The van der Waals surface area contributed by atoms with Gasteiger partial charge in [-0.1, -0.05) is 48.9 Å². The highest BCUT2D eigenvalue weighted by Crippen LogP contribution is 2.21. The fraction of sp³-hybridized carbons (Fsp3) is 0.190. The zero-order valence-corrected chi connectivity index (χ0v) is 17.0. The van der Waals surface area contributed by atoms with Crippen molar-refractivity contribution in [2.75, 3.05) is 6.61 Å². The second kappa shape index (κ2) is 7.73. The molecule has 2 heterocycles. The zero-order valence-electron chi connectivity index (χ0n) is 15.4. The summed E-state index contributed by atoms with van der Waals surface area (Å²) in [6, 6.07) is 14.9. The minimum absolute atomic E-state index is 0.175. The molecule has 4 rings (SSSR count). The van der Waals surface area contributed by atoms with Crippen molar-refractivity contribution in [3.63, 3.8) is 0 Å². The summed E-state index contributed by atoms with van der Waals surface area (Å²) in [5.74, 6) is 1.80. The number of nitrogens with zero attached hydrogens (tertiary/aromatic N) is 3. The maximum Gasteiger partial charge on any atom is 0.291 e. The molecule has 5 nitrogen and oxygen atoms in total. The van der Waals surface area contributed by atoms with Crippen LogP contribution >= 0.6 is 22.9 Å². The molecule has 7 heteroatoms. The minimum atomic E-state index is -0.175. The van der Waals surface area contributed by atoms with Crippen molar-refractivity contribution in [2.45, 2.75) is 13.8 Å². The highest BCUT2D eigenvalue weighted by Gasteiger charge is 2.12. The Morgan fingerprint density at radius 3 is 2.50 bits per heavy atom. The Morgan fingerprint density at radius 2 is 1.86 bits per heavy atom. The topological polar surface area (TPSA) is 56.5 Å². The molecule has 4 aromatic rings. The Hall–Kier alpha value is -2.70. The van der Waals surface area contributed by atoms with E-state index in [0.29, 0.717) is 32.9 Å². The first kappa shape index (κ1) is 18.7. The molecule has 0 aliphatic carbocycles. The third-order valence-electron chi connectivity index (χ3n) is 4.05. The van der Waals surface area contributed by atoms with Crippen LogP contribution in [0.4, 0.5) is 0 Å². The van der Waals surface area contributed by atoms with Crippen molar-refractivity contribution in [2.24, 2.45) is 5.92 Å². The van der Waals surface area contributed by atoms with Gasteiger partial charge in [-0.05, 0) is 54.0 Å². The van der Waals surface area contributed by atoms with Gasteiger partial charge in [0.05, 0.1) is 11.1 Å². The lowest BCUT2D eigenvalue weighted by Gasteiger charge is -2.08. The summed E-state index contributed by atoms with van der Waals surface area (Å²) in [5.41, 5.74) is 1.57. The molecule has 28 heavy (non-hydrogen) atoms. The van der Waals surface area contributed by atoms with Crippen molar-refractivity contribution in [3.05, 3.63) is 74.0 Å². The predicted octanol–water partition coefficient (Wildman–Crippen LogP) is 4.05. The highest BCUT2D eigenvalue weighted by molar-refractivity contribution is 7.15. The van der Waals surface area contributed by atoms with Crippen LogP contribution in [0.3, 0.4) is 0 Å². The van der Waals surface area contributed by atoms with Crippen LogP contribution in [0.2, 0.25) is 5.02 Å². The molecule has 0 N–H and O–H groups in total. The number of ether oxygens (including phenoxy) is 1. The first-order valence-corrected chi connectivity index (χ1v) is 10.1. The number of aromatic nitrogens is 3. The quantitative estimate of drug-likeness (QED) is 0.497. The second-order valence-corrected chi connectivity index (χ2v) is 8.27. The largest absolute Gasteiger partial charge is 0.493 e. The molecular formula is C21H18ClN3O2S. The number of thiazole rings is 1. The second-order valence-electron chi connectivity index (χ2n) is 6.83. The molecule has 0 spiro atoms. The van der Waals surface area contributed by atoms with Crippen molar-refractivity contribution < 1.29 is 4.74 Å². The third-order valence-corrected chi connectivity index (χ3v) is 5.26. The van der Waals surface area contributed by atoms with E-state index in [1.165, 1.54) is 15.9 Å². The van der Waals surface area contributed by atoms with E-state index in [4.69, 9.17) is 16.3 Å². The summed E-state index contributed by atoms with van der Waals surface area (Å²) in [4.78, 5) is 17.7. The van der Waals surface area contributed by atoms with E-state index >= 15 is 0 Å². The summed E-state index contributed by atoms with van der Waals surface area (Å²) in [6.07, 6.45) is 1.82. The Balaban J connectivity index is 1.62. The van der Waals surface area contributed by atoms with Gasteiger partial charge in [0.15, 0.2) is 5.82 Å². The molecular weight excluding hydrogens is 394 g/mol. The third kappa shape index (κ3) is 3.93. The van der Waals surface area contributed by atoms with Crippen LogP contribution in [0.15, 0.2) is 53.3 Å². The number of halogens is 1. The van der Waals surface area contributed by atoms with Crippen LogP contribution in [0, 0.1) is 5.92 Å². The van der Waals surface area contributed by atoms with Gasteiger partial charge in [0, 0.05) is 10.6 Å². The fourth-order valence-corrected chi connectivity index (χ4v) is 3.66. The van der Waals surface area contributed by atoms with E-state index in [9.17, 15) is 4.79 Å². The standard InChI is InChI=1S/C21H18ClN3O2S/c1-13(2)12-27-17-9-5-15(6-10-17)19-23-21-25(24-19)20(26)18(28-21)11-14-3-7-16(22)8-4-14/h3-11,13H,12H2,1-2H3/b18-11-. The molecule has 0 saturated heterocycles. The lowest BCUT2D eigenvalue weighted by molar-refractivity contribution is 0.271. The van der Waals surface area contributed by atoms with Gasteiger partial charge in [0.1, 0.15) is 5.75 Å². The number of hydrogen-bond donors (Lipinski definition) is 0. The number of hydrogen-bond acceptors (Lipinski definition) is 5. The van der Waals surface area contributed by atoms with Gasteiger partial charge in [-0.2, -0.15) is 9.50 Å². The molecule has 2 aromatic carbocycles. The summed E-state index contributed by atoms with van der Waals surface area (Å²) in [6.45, 7) is 4.88. The normalized spacial score (nSPS) is 12.2. The SMILES string of the molecule is CC(C)COc1ccc(-c2nc3s/c(=C\c4ccc(Cl)cc4)c(=O)n3n2)cc1. The summed E-state index contributed by atoms with van der Waals surface area (Å²) in [5, 5.41) is 5.04. The van der Waals surface area contributed by atoms with Crippen LogP contribution in [-0.2, 0) is 0 Å². The van der Waals surface area contributed by atoms with Gasteiger partial charge in [-0.25, -0.2) is 0 Å². The Labute approximate surface area is 170 Å². The Kier molecular flexibility index (Phi) is 5.15. The van der Waals surface area contributed by atoms with E-state index in [1.807, 2.05) is 42.5 Å². The average Bonchev–Trinajstić information content (AvgIpc) is 3.22. The smallest absolute Gasteiger partial charge is 0.291 e. The van der Waals surface area contributed by atoms with Gasteiger partial charge in [-0.3, -0.25) is 4.79 Å². The number of rotatable bonds is 5. The van der Waals surface area contributed by atoms with Crippen LogP contribution in [0.25, 0.3) is 22.4 Å². The van der Waals surface area contributed by atoms with Crippen molar-refractivity contribution in [1.29, 1.82) is 0 Å². The van der Waals surface area contributed by atoms with Crippen LogP contribution in [-0.4, -0.2) is 21.2 Å². The summed E-state index contributed by atoms with van der Waals surface area (Å²) >= 11 is 7.22. The van der Waals surface area contributed by atoms with Crippen LogP contribution < -0.4 is 14.8 Å². The Bertz CT molecular complexity index is 1210. The van der Waals surface area contributed by atoms with E-state index < -0.39 is 0 Å². The van der Waals surface area contributed by atoms with Gasteiger partial charge < -0.3 is 4.74 Å². The molecule has 0 fully saturated rings. The molecule has 2 aromatic heterocycles. The Morgan fingerprint density at radius 1 is 1.14 bits per heavy atom. The van der Waals surface area contributed by atoms with Gasteiger partial charge >= 0.3 is 0 Å². The monoisotopic (exact) mass is 411 g/mol. The number of fused-ring (bicyclic) bond motifs is 1. The van der Waals surface area contributed by atoms with Crippen LogP contribution in [0.5, 0.6) is 5.75 Å². The molecule has 0 amide bonds. The van der Waals surface area contributed by atoms with Gasteiger partial charge in [-0.15, -0.1) is 5.10 Å². The first-order valence-electron chi connectivity index (χ1n) is 8.90. The molecule has 0 saturated carbocycles. The fourth-order valence-electron chi connectivity index (χ4n) is 2.63. The highest BCUT2D eigenvalue weighted by atomic mass is 35.5. The zero-order chi connectivity index (χ0) is 19.7. The number of benzene rings is 2. The maximum atomic E-state index is 12.6. The van der Waals surface area contributed by atoms with E-state index in [0.717, 1.165) is 16.9 Å². The maximum absolute atomic E-state index is 12.6. The van der Waals surface area contributed by atoms with Gasteiger partial charge in [0.25, 0.3) is 5.56 Å². The lowest BCUT2D eigenvalue weighted by atomic mass is 10.2. The molecule has 142 valence electrons. The predicted molar refractivity (Wildman–Crippen MR) is 113 cm³/mol. The molecule has 0 aliphatic rings. The molecule has 0 radical (unpaired) electrons. The van der Waals surface area contributed by atoms with E-state index in [2.05, 4.69) is 23.9 Å². The van der Waals surface area contributed by atoms with Crippen molar-refractivity contribution in [1.82, 2.24) is 14.6 Å². The van der Waals surface area contributed by atoms with Crippen molar-refractivity contribution >= 4 is 34.0 Å². The molecule has 0 aliphatic heterocycles. The lowest BCUT2D eigenvalue weighted by Crippen LogP contribution is -2.23.